The molecule has 0 saturated carbocycles. The summed E-state index contributed by atoms with van der Waals surface area (Å²) in [5, 5.41) is 2.96. The molecular weight excluding hydrogens is 378 g/mol. The van der Waals surface area contributed by atoms with Crippen molar-refractivity contribution in [2.75, 3.05) is 58.4 Å². The van der Waals surface area contributed by atoms with Crippen LogP contribution in [0, 0.1) is 0 Å². The number of nitrogens with zero attached hydrogens (tertiary/aromatic N) is 4. The Bertz CT molecular complexity index is 1030. The van der Waals surface area contributed by atoms with Gasteiger partial charge in [0.25, 0.3) is 5.91 Å². The van der Waals surface area contributed by atoms with Gasteiger partial charge in [-0.1, -0.05) is 18.2 Å². The van der Waals surface area contributed by atoms with Gasteiger partial charge in [0.2, 0.25) is 0 Å². The molecular formula is C23H27N5O2. The summed E-state index contributed by atoms with van der Waals surface area (Å²) in [4.78, 5) is 26.1. The number of nitrogens with one attached hydrogen (secondary N) is 1. The van der Waals surface area contributed by atoms with E-state index in [-0.39, 0.29) is 5.91 Å². The fraction of sp³-hybridized carbons (Fsp3) is 0.348. The maximum absolute atomic E-state index is 12.5. The predicted octanol–water partition coefficient (Wildman–Crippen LogP) is 2.42. The number of aromatic nitrogens is 2. The van der Waals surface area contributed by atoms with Crippen LogP contribution >= 0.6 is 0 Å². The maximum Gasteiger partial charge on any atom is 0.251 e. The van der Waals surface area contributed by atoms with Crippen molar-refractivity contribution in [3.63, 3.8) is 0 Å². The monoisotopic (exact) mass is 405 g/mol. The number of hydrogen-bond donors (Lipinski definition) is 1. The van der Waals surface area contributed by atoms with E-state index in [4.69, 9.17) is 9.72 Å². The highest BCUT2D eigenvalue weighted by molar-refractivity contribution is 5.95. The lowest BCUT2D eigenvalue weighted by molar-refractivity contribution is 0.0951. The van der Waals surface area contributed by atoms with Crippen LogP contribution in [0.2, 0.25) is 0 Å². The quantitative estimate of drug-likeness (QED) is 0.679. The second-order valence-corrected chi connectivity index (χ2v) is 7.67. The van der Waals surface area contributed by atoms with Crippen LogP contribution in [-0.4, -0.2) is 74.3 Å². The summed E-state index contributed by atoms with van der Waals surface area (Å²) in [5.74, 6) is 0.811. The maximum atomic E-state index is 12.5. The van der Waals surface area contributed by atoms with Gasteiger partial charge in [-0.05, 0) is 49.5 Å². The number of likely N-dealkylation sites (N-methyl/N-ethyl adjacent to an activating group) is 1. The molecule has 1 fully saturated rings. The van der Waals surface area contributed by atoms with Crippen LogP contribution in [0.25, 0.3) is 22.2 Å². The van der Waals surface area contributed by atoms with Gasteiger partial charge in [-0.15, -0.1) is 0 Å². The highest BCUT2D eigenvalue weighted by Crippen LogP contribution is 2.25. The number of carbonyl (C=O) groups is 1. The Morgan fingerprint density at radius 1 is 1.10 bits per heavy atom. The molecule has 2 aromatic carbocycles. The van der Waals surface area contributed by atoms with Crippen LogP contribution in [0.15, 0.2) is 48.7 Å². The lowest BCUT2D eigenvalue weighted by Crippen LogP contribution is -2.36. The molecule has 1 aromatic heterocycles. The molecule has 1 aliphatic heterocycles. The molecule has 30 heavy (non-hydrogen) atoms. The van der Waals surface area contributed by atoms with Crippen LogP contribution in [0.5, 0.6) is 0 Å². The standard InChI is InChI=1S/C23H27N5O2/c1-27(2)9-8-24-23(29)19-5-3-4-17(14-19)18-6-7-20-21(15-18)26-22(16-25-20)28-10-12-30-13-11-28/h3-7,14-16H,8-13H2,1-2H3,(H,24,29). The number of morpholine rings is 1. The topological polar surface area (TPSA) is 70.6 Å². The van der Waals surface area contributed by atoms with Crippen molar-refractivity contribution >= 4 is 22.8 Å². The van der Waals surface area contributed by atoms with Crippen LogP contribution in [0.3, 0.4) is 0 Å². The van der Waals surface area contributed by atoms with E-state index in [1.54, 1.807) is 0 Å². The predicted molar refractivity (Wildman–Crippen MR) is 119 cm³/mol. The summed E-state index contributed by atoms with van der Waals surface area (Å²) >= 11 is 0. The molecule has 1 saturated heterocycles. The van der Waals surface area contributed by atoms with Gasteiger partial charge in [0.15, 0.2) is 0 Å². The summed E-state index contributed by atoms with van der Waals surface area (Å²) in [6.45, 7) is 4.49. The Labute approximate surface area is 176 Å². The van der Waals surface area contributed by atoms with Gasteiger partial charge < -0.3 is 19.9 Å². The van der Waals surface area contributed by atoms with Crippen molar-refractivity contribution < 1.29 is 9.53 Å². The summed E-state index contributed by atoms with van der Waals surface area (Å²) in [6, 6.07) is 13.7. The molecule has 2 heterocycles. The summed E-state index contributed by atoms with van der Waals surface area (Å²) in [6.07, 6.45) is 1.83. The first-order valence-electron chi connectivity index (χ1n) is 10.2. The van der Waals surface area contributed by atoms with Crippen LogP contribution in [0.4, 0.5) is 5.82 Å². The van der Waals surface area contributed by atoms with Crippen LogP contribution < -0.4 is 10.2 Å². The molecule has 0 aliphatic carbocycles. The number of rotatable bonds is 6. The third kappa shape index (κ3) is 4.75. The Morgan fingerprint density at radius 2 is 1.90 bits per heavy atom. The van der Waals surface area contributed by atoms with Crippen molar-refractivity contribution in [1.82, 2.24) is 20.2 Å². The molecule has 4 rings (SSSR count). The number of anilines is 1. The van der Waals surface area contributed by atoms with E-state index < -0.39 is 0 Å². The third-order valence-corrected chi connectivity index (χ3v) is 5.17. The van der Waals surface area contributed by atoms with Crippen LogP contribution in [0.1, 0.15) is 10.4 Å². The first-order chi connectivity index (χ1) is 14.6. The number of benzene rings is 2. The molecule has 7 nitrogen and oxygen atoms in total. The molecule has 0 bridgehead atoms. The second-order valence-electron chi connectivity index (χ2n) is 7.67. The molecule has 1 amide bonds. The summed E-state index contributed by atoms with van der Waals surface area (Å²) in [5.41, 5.74) is 4.35. The second kappa shape index (κ2) is 9.19. The molecule has 0 radical (unpaired) electrons. The number of carbonyl (C=O) groups excluding carboxylic acids is 1. The average Bonchev–Trinajstić information content (AvgIpc) is 2.78. The third-order valence-electron chi connectivity index (χ3n) is 5.17. The van der Waals surface area contributed by atoms with E-state index in [1.807, 2.05) is 67.7 Å². The highest BCUT2D eigenvalue weighted by atomic mass is 16.5. The molecule has 0 spiro atoms. The molecule has 1 N–H and O–H groups in total. The minimum Gasteiger partial charge on any atom is -0.378 e. The van der Waals surface area contributed by atoms with E-state index in [2.05, 4.69) is 15.2 Å². The zero-order valence-corrected chi connectivity index (χ0v) is 17.5. The molecule has 3 aromatic rings. The number of ether oxygens (including phenoxy) is 1. The molecule has 1 aliphatic rings. The van der Waals surface area contributed by atoms with E-state index in [0.29, 0.717) is 25.3 Å². The summed E-state index contributed by atoms with van der Waals surface area (Å²) < 4.78 is 5.43. The minimum atomic E-state index is -0.0612. The first kappa shape index (κ1) is 20.3. The van der Waals surface area contributed by atoms with Crippen LogP contribution in [-0.2, 0) is 4.74 Å². The van der Waals surface area contributed by atoms with E-state index in [0.717, 1.165) is 47.6 Å². The largest absolute Gasteiger partial charge is 0.378 e. The Morgan fingerprint density at radius 3 is 2.70 bits per heavy atom. The van der Waals surface area contributed by atoms with E-state index >= 15 is 0 Å². The lowest BCUT2D eigenvalue weighted by atomic mass is 10.0. The number of hydrogen-bond acceptors (Lipinski definition) is 6. The first-order valence-corrected chi connectivity index (χ1v) is 10.2. The van der Waals surface area contributed by atoms with Gasteiger partial charge in [0.05, 0.1) is 30.4 Å². The van der Waals surface area contributed by atoms with E-state index in [9.17, 15) is 4.79 Å². The van der Waals surface area contributed by atoms with Gasteiger partial charge >= 0.3 is 0 Å². The Balaban J connectivity index is 1.57. The fourth-order valence-corrected chi connectivity index (χ4v) is 3.46. The van der Waals surface area contributed by atoms with Crippen molar-refractivity contribution in [3.8, 4) is 11.1 Å². The van der Waals surface area contributed by atoms with Crippen molar-refractivity contribution in [1.29, 1.82) is 0 Å². The van der Waals surface area contributed by atoms with Gasteiger partial charge in [-0.25, -0.2) is 4.98 Å². The molecule has 0 atom stereocenters. The molecule has 0 unspecified atom stereocenters. The zero-order chi connectivity index (χ0) is 20.9. The zero-order valence-electron chi connectivity index (χ0n) is 17.5. The normalized spacial score (nSPS) is 14.3. The van der Waals surface area contributed by atoms with Gasteiger partial charge in [-0.2, -0.15) is 0 Å². The highest BCUT2D eigenvalue weighted by Gasteiger charge is 2.14. The van der Waals surface area contributed by atoms with Gasteiger partial charge in [0, 0.05) is 31.7 Å². The van der Waals surface area contributed by atoms with Crippen molar-refractivity contribution in [3.05, 3.63) is 54.2 Å². The molecule has 156 valence electrons. The summed E-state index contributed by atoms with van der Waals surface area (Å²) in [7, 11) is 3.97. The number of amides is 1. The smallest absolute Gasteiger partial charge is 0.251 e. The fourth-order valence-electron chi connectivity index (χ4n) is 3.46. The average molecular weight is 406 g/mol. The minimum absolute atomic E-state index is 0.0612. The SMILES string of the molecule is CN(C)CCNC(=O)c1cccc(-c2ccc3ncc(N4CCOCC4)nc3c2)c1. The van der Waals surface area contributed by atoms with Gasteiger partial charge in [-0.3, -0.25) is 9.78 Å². The lowest BCUT2D eigenvalue weighted by Gasteiger charge is -2.27. The molecule has 7 heteroatoms. The van der Waals surface area contributed by atoms with Crippen molar-refractivity contribution in [2.24, 2.45) is 0 Å². The van der Waals surface area contributed by atoms with E-state index in [1.165, 1.54) is 0 Å². The Hall–Kier alpha value is -3.03. The van der Waals surface area contributed by atoms with Gasteiger partial charge in [0.1, 0.15) is 5.82 Å². The Kier molecular flexibility index (Phi) is 6.21. The number of fused-ring (bicyclic) bond motifs is 1. The van der Waals surface area contributed by atoms with Crippen molar-refractivity contribution in [2.45, 2.75) is 0 Å².